The van der Waals surface area contributed by atoms with Gasteiger partial charge in [-0.2, -0.15) is 0 Å². The molecule has 9 heteroatoms. The zero-order valence-corrected chi connectivity index (χ0v) is 12.4. The van der Waals surface area contributed by atoms with Gasteiger partial charge in [0.05, 0.1) is 16.0 Å². The maximum absolute atomic E-state index is 13.4. The van der Waals surface area contributed by atoms with E-state index < -0.39 is 16.4 Å². The van der Waals surface area contributed by atoms with Crippen molar-refractivity contribution in [1.82, 2.24) is 0 Å². The van der Waals surface area contributed by atoms with Gasteiger partial charge in [-0.05, 0) is 6.07 Å². The fourth-order valence-electron chi connectivity index (χ4n) is 2.11. The molecule has 2 rings (SSSR count). The number of nitro groups is 1. The van der Waals surface area contributed by atoms with E-state index in [4.69, 9.17) is 11.6 Å². The third kappa shape index (κ3) is 3.33. The predicted octanol–water partition coefficient (Wildman–Crippen LogP) is 2.77. The van der Waals surface area contributed by atoms with Crippen LogP contribution in [0.4, 0.5) is 15.8 Å². The number of nitrogens with zero attached hydrogens (tertiary/aromatic N) is 2. The molecule has 0 aromatic heterocycles. The number of hydrogen-bond donors (Lipinski definition) is 0. The number of carbonyl (C=O) groups is 2. The molecule has 1 aromatic rings. The van der Waals surface area contributed by atoms with Gasteiger partial charge in [-0.3, -0.25) is 19.7 Å². The van der Waals surface area contributed by atoms with Crippen LogP contribution in [0.3, 0.4) is 0 Å². The maximum atomic E-state index is 13.4. The minimum Gasteiger partial charge on any atom is -0.305 e. The van der Waals surface area contributed by atoms with Gasteiger partial charge in [0, 0.05) is 25.1 Å². The number of amides is 1. The molecule has 1 aromatic carbocycles. The van der Waals surface area contributed by atoms with Crippen LogP contribution in [0.5, 0.6) is 0 Å². The van der Waals surface area contributed by atoms with Crippen molar-refractivity contribution in [3.8, 4) is 0 Å². The van der Waals surface area contributed by atoms with Gasteiger partial charge >= 0.3 is 0 Å². The first kappa shape index (κ1) is 15.7. The average molecular weight is 333 g/mol. The highest BCUT2D eigenvalue weighted by molar-refractivity contribution is 8.14. The van der Waals surface area contributed by atoms with Crippen LogP contribution in [0, 0.1) is 15.9 Å². The summed E-state index contributed by atoms with van der Waals surface area (Å²) in [6, 6.07) is 1.75. The summed E-state index contributed by atoms with van der Waals surface area (Å²) in [6.07, 6.45) is 0.0936. The highest BCUT2D eigenvalue weighted by atomic mass is 35.5. The van der Waals surface area contributed by atoms with Crippen LogP contribution in [0.25, 0.3) is 0 Å². The Morgan fingerprint density at radius 2 is 2.24 bits per heavy atom. The normalized spacial score (nSPS) is 18.1. The van der Waals surface area contributed by atoms with Crippen molar-refractivity contribution in [2.24, 2.45) is 0 Å². The summed E-state index contributed by atoms with van der Waals surface area (Å²) in [6.45, 7) is 1.53. The van der Waals surface area contributed by atoms with Crippen molar-refractivity contribution >= 4 is 45.8 Å². The molecule has 0 spiro atoms. The van der Waals surface area contributed by atoms with Crippen LogP contribution in [0.1, 0.15) is 13.3 Å². The highest BCUT2D eigenvalue weighted by Crippen LogP contribution is 2.37. The van der Waals surface area contributed by atoms with Gasteiger partial charge in [0.2, 0.25) is 5.91 Å². The zero-order chi connectivity index (χ0) is 15.7. The molecule has 0 saturated carbocycles. The Kier molecular flexibility index (Phi) is 4.48. The van der Waals surface area contributed by atoms with Gasteiger partial charge in [0.25, 0.3) is 5.69 Å². The Balaban J connectivity index is 2.37. The number of rotatable bonds is 3. The Bertz CT molecular complexity index is 640. The van der Waals surface area contributed by atoms with E-state index >= 15 is 0 Å². The molecule has 1 aliphatic rings. The second-order valence-electron chi connectivity index (χ2n) is 4.45. The van der Waals surface area contributed by atoms with E-state index in [0.29, 0.717) is 6.07 Å². The van der Waals surface area contributed by atoms with Crippen molar-refractivity contribution < 1.29 is 18.9 Å². The summed E-state index contributed by atoms with van der Waals surface area (Å²) in [4.78, 5) is 34.5. The lowest BCUT2D eigenvalue weighted by Gasteiger charge is -2.17. The summed E-state index contributed by atoms with van der Waals surface area (Å²) >= 11 is 6.65. The van der Waals surface area contributed by atoms with E-state index in [2.05, 4.69) is 0 Å². The van der Waals surface area contributed by atoms with E-state index in [-0.39, 0.29) is 39.9 Å². The van der Waals surface area contributed by atoms with Gasteiger partial charge in [0.15, 0.2) is 5.12 Å². The lowest BCUT2D eigenvalue weighted by molar-refractivity contribution is -0.384. The second kappa shape index (κ2) is 5.98. The average Bonchev–Trinajstić information content (AvgIpc) is 2.71. The minimum atomic E-state index is -0.923. The second-order valence-corrected chi connectivity index (χ2v) is 6.34. The molecule has 0 bridgehead atoms. The summed E-state index contributed by atoms with van der Waals surface area (Å²) in [7, 11) is 0. The van der Waals surface area contributed by atoms with Crippen molar-refractivity contribution in [2.75, 3.05) is 11.4 Å². The molecule has 1 atom stereocenters. The summed E-state index contributed by atoms with van der Waals surface area (Å²) < 4.78 is 13.4. The SMILES string of the molecule is CC(=O)SC1CC(=O)N(c2cc(Cl)c(F)cc2[N+](=O)[O-])C1. The molecular weight excluding hydrogens is 323 g/mol. The first-order valence-corrected chi connectivity index (χ1v) is 7.16. The smallest absolute Gasteiger partial charge is 0.295 e. The van der Waals surface area contributed by atoms with E-state index in [1.54, 1.807) is 0 Å². The quantitative estimate of drug-likeness (QED) is 0.628. The largest absolute Gasteiger partial charge is 0.305 e. The number of nitro benzene ring substituents is 1. The van der Waals surface area contributed by atoms with Gasteiger partial charge in [-0.15, -0.1) is 0 Å². The molecule has 1 amide bonds. The predicted molar refractivity (Wildman–Crippen MR) is 77.1 cm³/mol. The lowest BCUT2D eigenvalue weighted by atomic mass is 10.2. The number of hydrogen-bond acceptors (Lipinski definition) is 5. The third-order valence-electron chi connectivity index (χ3n) is 2.93. The monoisotopic (exact) mass is 332 g/mol. The van der Waals surface area contributed by atoms with Crippen molar-refractivity contribution in [1.29, 1.82) is 0 Å². The Labute approximate surface area is 128 Å². The van der Waals surface area contributed by atoms with Crippen LogP contribution in [0.2, 0.25) is 5.02 Å². The maximum Gasteiger partial charge on any atom is 0.295 e. The number of halogens is 2. The fourth-order valence-corrected chi connectivity index (χ4v) is 3.19. The van der Waals surface area contributed by atoms with Crippen LogP contribution in [-0.4, -0.2) is 27.7 Å². The molecule has 0 aliphatic carbocycles. The van der Waals surface area contributed by atoms with Crippen LogP contribution >= 0.6 is 23.4 Å². The van der Waals surface area contributed by atoms with Crippen molar-refractivity contribution in [2.45, 2.75) is 18.6 Å². The molecule has 0 N–H and O–H groups in total. The molecule has 112 valence electrons. The third-order valence-corrected chi connectivity index (χ3v) is 4.20. The van der Waals surface area contributed by atoms with Crippen molar-refractivity contribution in [3.63, 3.8) is 0 Å². The number of anilines is 1. The standard InChI is InChI=1S/C12H10ClFN2O4S/c1-6(17)21-7-2-12(18)15(5-7)10-3-8(13)9(14)4-11(10)16(19)20/h3-4,7H,2,5H2,1H3. The fraction of sp³-hybridized carbons (Fsp3) is 0.333. The van der Waals surface area contributed by atoms with Gasteiger partial charge < -0.3 is 4.90 Å². The minimum absolute atomic E-state index is 0.0527. The Morgan fingerprint density at radius 3 is 2.81 bits per heavy atom. The van der Waals surface area contributed by atoms with Crippen LogP contribution in [0.15, 0.2) is 12.1 Å². The zero-order valence-electron chi connectivity index (χ0n) is 10.8. The summed E-state index contributed by atoms with van der Waals surface area (Å²) in [5, 5.41) is 10.3. The van der Waals surface area contributed by atoms with Crippen LogP contribution < -0.4 is 4.90 Å². The Hall–Kier alpha value is -1.67. The molecule has 1 aliphatic heterocycles. The van der Waals surface area contributed by atoms with Crippen LogP contribution in [-0.2, 0) is 9.59 Å². The molecular formula is C12H10ClFN2O4S. The molecule has 21 heavy (non-hydrogen) atoms. The van der Waals surface area contributed by atoms with E-state index in [9.17, 15) is 24.1 Å². The molecule has 0 radical (unpaired) electrons. The first-order chi connectivity index (χ1) is 9.79. The number of thioether (sulfide) groups is 1. The Morgan fingerprint density at radius 1 is 1.57 bits per heavy atom. The van der Waals surface area contributed by atoms with Gasteiger partial charge in [0.1, 0.15) is 11.5 Å². The molecule has 6 nitrogen and oxygen atoms in total. The molecule has 1 heterocycles. The highest BCUT2D eigenvalue weighted by Gasteiger charge is 2.35. The number of benzene rings is 1. The van der Waals surface area contributed by atoms with E-state index in [1.807, 2.05) is 0 Å². The first-order valence-electron chi connectivity index (χ1n) is 5.90. The van der Waals surface area contributed by atoms with Gasteiger partial charge in [-0.25, -0.2) is 4.39 Å². The molecule has 1 saturated heterocycles. The molecule has 1 fully saturated rings. The summed E-state index contributed by atoms with van der Waals surface area (Å²) in [5.41, 5.74) is -0.582. The lowest BCUT2D eigenvalue weighted by Crippen LogP contribution is -2.26. The number of carbonyl (C=O) groups excluding carboxylic acids is 2. The van der Waals surface area contributed by atoms with Gasteiger partial charge in [-0.1, -0.05) is 23.4 Å². The van der Waals surface area contributed by atoms with E-state index in [1.165, 1.54) is 11.8 Å². The van der Waals surface area contributed by atoms with Crippen molar-refractivity contribution in [3.05, 3.63) is 33.1 Å². The topological polar surface area (TPSA) is 80.5 Å². The van der Waals surface area contributed by atoms with E-state index in [0.717, 1.165) is 17.8 Å². The summed E-state index contributed by atoms with van der Waals surface area (Å²) in [5.74, 6) is -1.28. The molecule has 1 unspecified atom stereocenters.